The minimum absolute atomic E-state index is 0.695. The smallest absolute Gasteiger partial charge is 0.175 e. The van der Waals surface area contributed by atoms with Gasteiger partial charge in [0.05, 0.1) is 7.05 Å². The molecule has 2 unspecified atom stereocenters. The average Bonchev–Trinajstić information content (AvgIpc) is 2.65. The minimum Gasteiger partial charge on any atom is -0.314 e. The fourth-order valence-electron chi connectivity index (χ4n) is 2.61. The van der Waals surface area contributed by atoms with E-state index in [0.29, 0.717) is 6.04 Å². The Morgan fingerprint density at radius 1 is 1.44 bits per heavy atom. The van der Waals surface area contributed by atoms with E-state index in [0.717, 1.165) is 24.7 Å². The highest BCUT2D eigenvalue weighted by atomic mass is 15.6. The molecule has 5 nitrogen and oxygen atoms in total. The third-order valence-electron chi connectivity index (χ3n) is 3.30. The van der Waals surface area contributed by atoms with Crippen molar-refractivity contribution in [3.8, 4) is 0 Å². The van der Waals surface area contributed by atoms with Crippen molar-refractivity contribution in [2.45, 2.75) is 45.1 Å². The summed E-state index contributed by atoms with van der Waals surface area (Å²) in [6, 6.07) is 0.695. The number of hydrogen-bond donors (Lipinski definition) is 1. The van der Waals surface area contributed by atoms with Gasteiger partial charge in [-0.2, -0.15) is 4.80 Å². The van der Waals surface area contributed by atoms with Crippen LogP contribution in [0.5, 0.6) is 0 Å². The Kier molecular flexibility index (Phi) is 3.88. The maximum Gasteiger partial charge on any atom is 0.175 e. The molecule has 1 aliphatic carbocycles. The molecule has 90 valence electrons. The van der Waals surface area contributed by atoms with Gasteiger partial charge < -0.3 is 5.32 Å². The highest BCUT2D eigenvalue weighted by Gasteiger charge is 2.22. The lowest BCUT2D eigenvalue weighted by Crippen LogP contribution is -2.34. The van der Waals surface area contributed by atoms with Crippen LogP contribution in [-0.2, 0) is 13.5 Å². The molecule has 1 N–H and O–H groups in total. The number of tetrazole rings is 1. The largest absolute Gasteiger partial charge is 0.314 e. The second-order valence-corrected chi connectivity index (χ2v) is 4.69. The van der Waals surface area contributed by atoms with Gasteiger partial charge in [0.15, 0.2) is 5.82 Å². The first-order valence-electron chi connectivity index (χ1n) is 6.24. The van der Waals surface area contributed by atoms with E-state index in [4.69, 9.17) is 0 Å². The summed E-state index contributed by atoms with van der Waals surface area (Å²) in [4.78, 5) is 1.54. The van der Waals surface area contributed by atoms with E-state index in [1.807, 2.05) is 7.05 Å². The maximum atomic E-state index is 4.25. The molecule has 5 heteroatoms. The molecule has 16 heavy (non-hydrogen) atoms. The zero-order valence-electron chi connectivity index (χ0n) is 10.2. The van der Waals surface area contributed by atoms with Crippen LogP contribution in [0.15, 0.2) is 0 Å². The predicted molar refractivity (Wildman–Crippen MR) is 61.9 cm³/mol. The summed E-state index contributed by atoms with van der Waals surface area (Å²) in [5, 5.41) is 15.7. The third kappa shape index (κ3) is 3.01. The molecule has 1 fully saturated rings. The normalized spacial score (nSPS) is 25.9. The molecule has 0 spiro atoms. The second-order valence-electron chi connectivity index (χ2n) is 4.69. The van der Waals surface area contributed by atoms with Crippen molar-refractivity contribution in [2.75, 3.05) is 6.54 Å². The van der Waals surface area contributed by atoms with Gasteiger partial charge in [0.2, 0.25) is 0 Å². The minimum atomic E-state index is 0.695. The topological polar surface area (TPSA) is 55.6 Å². The lowest BCUT2D eigenvalue weighted by atomic mass is 9.83. The van der Waals surface area contributed by atoms with E-state index in [9.17, 15) is 0 Å². The Hall–Kier alpha value is -0.970. The Morgan fingerprint density at radius 3 is 3.00 bits per heavy atom. The molecule has 1 saturated carbocycles. The van der Waals surface area contributed by atoms with Crippen LogP contribution in [0.1, 0.15) is 38.4 Å². The lowest BCUT2D eigenvalue weighted by Gasteiger charge is -2.28. The standard InChI is InChI=1S/C11H21N5/c1-3-12-10-6-4-5-9(7-10)8-11-13-15-16(2)14-11/h9-10,12H,3-8H2,1-2H3. The Morgan fingerprint density at radius 2 is 2.31 bits per heavy atom. The molecule has 2 atom stereocenters. The molecule has 0 radical (unpaired) electrons. The third-order valence-corrected chi connectivity index (χ3v) is 3.30. The van der Waals surface area contributed by atoms with Crippen LogP contribution in [0.25, 0.3) is 0 Å². The van der Waals surface area contributed by atoms with Gasteiger partial charge in [-0.15, -0.1) is 10.2 Å². The maximum absolute atomic E-state index is 4.25. The van der Waals surface area contributed by atoms with Crippen molar-refractivity contribution in [2.24, 2.45) is 13.0 Å². The van der Waals surface area contributed by atoms with Gasteiger partial charge in [-0.1, -0.05) is 13.3 Å². The van der Waals surface area contributed by atoms with Crippen LogP contribution in [0.2, 0.25) is 0 Å². The summed E-state index contributed by atoms with van der Waals surface area (Å²) in [6.07, 6.45) is 6.18. The van der Waals surface area contributed by atoms with E-state index < -0.39 is 0 Å². The zero-order valence-corrected chi connectivity index (χ0v) is 10.2. The summed E-state index contributed by atoms with van der Waals surface area (Å²) < 4.78 is 0. The van der Waals surface area contributed by atoms with Gasteiger partial charge in [0.1, 0.15) is 0 Å². The Labute approximate surface area is 96.6 Å². The van der Waals surface area contributed by atoms with Crippen LogP contribution in [-0.4, -0.2) is 32.8 Å². The number of rotatable bonds is 4. The van der Waals surface area contributed by atoms with Gasteiger partial charge in [0.25, 0.3) is 0 Å². The highest BCUT2D eigenvalue weighted by molar-refractivity contribution is 4.86. The lowest BCUT2D eigenvalue weighted by molar-refractivity contribution is 0.284. The van der Waals surface area contributed by atoms with Crippen LogP contribution >= 0.6 is 0 Å². The van der Waals surface area contributed by atoms with Crippen molar-refractivity contribution in [1.29, 1.82) is 0 Å². The van der Waals surface area contributed by atoms with Crippen LogP contribution in [0.4, 0.5) is 0 Å². The van der Waals surface area contributed by atoms with E-state index in [2.05, 4.69) is 27.7 Å². The number of nitrogens with zero attached hydrogens (tertiary/aromatic N) is 4. The van der Waals surface area contributed by atoms with E-state index in [-0.39, 0.29) is 0 Å². The van der Waals surface area contributed by atoms with Crippen molar-refractivity contribution in [3.05, 3.63) is 5.82 Å². The van der Waals surface area contributed by atoms with E-state index in [1.165, 1.54) is 25.7 Å². The number of hydrogen-bond acceptors (Lipinski definition) is 4. The van der Waals surface area contributed by atoms with Crippen molar-refractivity contribution in [1.82, 2.24) is 25.5 Å². The van der Waals surface area contributed by atoms with Crippen LogP contribution in [0.3, 0.4) is 0 Å². The molecule has 0 aliphatic heterocycles. The SMILES string of the molecule is CCNC1CCCC(Cc2nnn(C)n2)C1. The summed E-state index contributed by atoms with van der Waals surface area (Å²) in [5.41, 5.74) is 0. The van der Waals surface area contributed by atoms with Crippen LogP contribution < -0.4 is 5.32 Å². The summed E-state index contributed by atoms with van der Waals surface area (Å²) in [5.74, 6) is 1.62. The van der Waals surface area contributed by atoms with Gasteiger partial charge >= 0.3 is 0 Å². The molecule has 0 amide bonds. The number of nitrogens with one attached hydrogen (secondary N) is 1. The second kappa shape index (κ2) is 5.39. The molecule has 1 aromatic rings. The first kappa shape index (κ1) is 11.5. The summed E-state index contributed by atoms with van der Waals surface area (Å²) >= 11 is 0. The van der Waals surface area contributed by atoms with E-state index >= 15 is 0 Å². The molecule has 0 saturated heterocycles. The van der Waals surface area contributed by atoms with Gasteiger partial charge in [-0.25, -0.2) is 0 Å². The average molecular weight is 223 g/mol. The quantitative estimate of drug-likeness (QED) is 0.824. The molecular formula is C11H21N5. The van der Waals surface area contributed by atoms with Crippen molar-refractivity contribution < 1.29 is 0 Å². The van der Waals surface area contributed by atoms with Crippen molar-refractivity contribution >= 4 is 0 Å². The first-order valence-corrected chi connectivity index (χ1v) is 6.24. The molecule has 1 heterocycles. The Balaban J connectivity index is 1.85. The number of aryl methyl sites for hydroxylation is 1. The first-order chi connectivity index (χ1) is 7.78. The zero-order chi connectivity index (χ0) is 11.4. The highest BCUT2D eigenvalue weighted by Crippen LogP contribution is 2.26. The molecule has 2 rings (SSSR count). The van der Waals surface area contributed by atoms with E-state index in [1.54, 1.807) is 4.80 Å². The number of aromatic nitrogens is 4. The predicted octanol–water partition coefficient (Wildman–Crippen LogP) is 0.921. The molecular weight excluding hydrogens is 202 g/mol. The van der Waals surface area contributed by atoms with Crippen molar-refractivity contribution in [3.63, 3.8) is 0 Å². The fourth-order valence-corrected chi connectivity index (χ4v) is 2.61. The van der Waals surface area contributed by atoms with Gasteiger partial charge in [-0.3, -0.25) is 0 Å². The van der Waals surface area contributed by atoms with Gasteiger partial charge in [0, 0.05) is 12.5 Å². The summed E-state index contributed by atoms with van der Waals surface area (Å²) in [7, 11) is 1.82. The van der Waals surface area contributed by atoms with Gasteiger partial charge in [-0.05, 0) is 36.9 Å². The molecule has 0 aromatic carbocycles. The molecule has 1 aliphatic rings. The monoisotopic (exact) mass is 223 g/mol. The Bertz CT molecular complexity index is 320. The fraction of sp³-hybridized carbons (Fsp3) is 0.909. The molecule has 1 aromatic heterocycles. The van der Waals surface area contributed by atoms with Crippen LogP contribution in [0, 0.1) is 5.92 Å². The summed E-state index contributed by atoms with van der Waals surface area (Å²) in [6.45, 7) is 3.24. The molecule has 0 bridgehead atoms.